The summed E-state index contributed by atoms with van der Waals surface area (Å²) in [5.74, 6) is 0.513. The number of benzene rings is 2. The third-order valence-corrected chi connectivity index (χ3v) is 3.81. The van der Waals surface area contributed by atoms with Crippen molar-refractivity contribution in [1.82, 2.24) is 4.57 Å². The van der Waals surface area contributed by atoms with Gasteiger partial charge in [0, 0.05) is 23.0 Å². The molecule has 0 fully saturated rings. The van der Waals surface area contributed by atoms with Crippen LogP contribution in [0.1, 0.15) is 12.5 Å². The van der Waals surface area contributed by atoms with Crippen molar-refractivity contribution >= 4 is 22.5 Å². The number of aliphatic hydroxyl groups excluding tert-OH is 1. The summed E-state index contributed by atoms with van der Waals surface area (Å²) in [6.07, 6.45) is 1.90. The molecule has 3 aromatic rings. The largest absolute Gasteiger partial charge is 0.494 e. The summed E-state index contributed by atoms with van der Waals surface area (Å²) in [7, 11) is 0. The van der Waals surface area contributed by atoms with Crippen LogP contribution in [0.2, 0.25) is 0 Å². The Kier molecular flexibility index (Phi) is 4.82. The highest BCUT2D eigenvalue weighted by molar-refractivity contribution is 5.92. The molecule has 0 saturated carbocycles. The molecule has 0 spiro atoms. The first-order valence-electron chi connectivity index (χ1n) is 7.91. The maximum absolute atomic E-state index is 12.3. The Balaban J connectivity index is 1.73. The van der Waals surface area contributed by atoms with Crippen LogP contribution in [0.25, 0.3) is 10.9 Å². The van der Waals surface area contributed by atoms with Crippen LogP contribution in [0.3, 0.4) is 0 Å². The summed E-state index contributed by atoms with van der Waals surface area (Å²) in [4.78, 5) is 12.3. The molecule has 0 aliphatic rings. The van der Waals surface area contributed by atoms with E-state index in [0.717, 1.165) is 10.9 Å². The Labute approximate surface area is 140 Å². The Bertz CT molecular complexity index is 855. The minimum absolute atomic E-state index is 0.121. The first-order chi connectivity index (χ1) is 11.7. The third kappa shape index (κ3) is 3.41. The molecule has 0 saturated heterocycles. The van der Waals surface area contributed by atoms with E-state index < -0.39 is 0 Å². The van der Waals surface area contributed by atoms with E-state index >= 15 is 0 Å². The zero-order valence-corrected chi connectivity index (χ0v) is 13.5. The number of amides is 1. The third-order valence-electron chi connectivity index (χ3n) is 3.81. The number of ether oxygens (including phenoxy) is 1. The fourth-order valence-electron chi connectivity index (χ4n) is 2.71. The van der Waals surface area contributed by atoms with Crippen LogP contribution in [-0.2, 0) is 17.9 Å². The number of rotatable bonds is 6. The Morgan fingerprint density at radius 2 is 2.04 bits per heavy atom. The molecule has 1 amide bonds. The first-order valence-corrected chi connectivity index (χ1v) is 7.91. The van der Waals surface area contributed by atoms with E-state index in [1.54, 1.807) is 18.2 Å². The van der Waals surface area contributed by atoms with Crippen LogP contribution < -0.4 is 10.1 Å². The average molecular weight is 324 g/mol. The van der Waals surface area contributed by atoms with Crippen molar-refractivity contribution in [3.8, 4) is 5.75 Å². The molecular weight excluding hydrogens is 304 g/mol. The second-order valence-corrected chi connectivity index (χ2v) is 5.46. The normalized spacial score (nSPS) is 10.8. The van der Waals surface area contributed by atoms with Gasteiger partial charge in [-0.05, 0) is 42.6 Å². The summed E-state index contributed by atoms with van der Waals surface area (Å²) < 4.78 is 7.35. The highest BCUT2D eigenvalue weighted by Gasteiger charge is 2.09. The Morgan fingerprint density at radius 3 is 2.83 bits per heavy atom. The molecule has 2 aromatic carbocycles. The SMILES string of the molecule is CCOc1ccc(NC(=O)Cn2ccc3ccccc32)cc1CO. The molecule has 2 N–H and O–H groups in total. The van der Waals surface area contributed by atoms with Crippen LogP contribution in [0.15, 0.2) is 54.7 Å². The molecule has 5 heteroatoms. The zero-order valence-electron chi connectivity index (χ0n) is 13.5. The van der Waals surface area contributed by atoms with Crippen molar-refractivity contribution in [2.24, 2.45) is 0 Å². The maximum Gasteiger partial charge on any atom is 0.244 e. The summed E-state index contributed by atoms with van der Waals surface area (Å²) >= 11 is 0. The fourth-order valence-corrected chi connectivity index (χ4v) is 2.71. The number of nitrogens with one attached hydrogen (secondary N) is 1. The van der Waals surface area contributed by atoms with Gasteiger partial charge in [0.25, 0.3) is 0 Å². The van der Waals surface area contributed by atoms with Crippen molar-refractivity contribution in [2.75, 3.05) is 11.9 Å². The van der Waals surface area contributed by atoms with Crippen LogP contribution in [-0.4, -0.2) is 22.2 Å². The molecule has 1 heterocycles. The molecule has 0 aliphatic carbocycles. The van der Waals surface area contributed by atoms with Gasteiger partial charge in [-0.1, -0.05) is 18.2 Å². The lowest BCUT2D eigenvalue weighted by Crippen LogP contribution is -2.18. The van der Waals surface area contributed by atoms with Gasteiger partial charge in [-0.15, -0.1) is 0 Å². The summed E-state index contributed by atoms with van der Waals surface area (Å²) in [6, 6.07) is 15.2. The second-order valence-electron chi connectivity index (χ2n) is 5.46. The van der Waals surface area contributed by atoms with E-state index in [-0.39, 0.29) is 19.1 Å². The van der Waals surface area contributed by atoms with Crippen LogP contribution in [0, 0.1) is 0 Å². The lowest BCUT2D eigenvalue weighted by Gasteiger charge is -2.12. The Morgan fingerprint density at radius 1 is 1.21 bits per heavy atom. The van der Waals surface area contributed by atoms with Crippen LogP contribution in [0.5, 0.6) is 5.75 Å². The van der Waals surface area contributed by atoms with Crippen molar-refractivity contribution in [1.29, 1.82) is 0 Å². The van der Waals surface area contributed by atoms with E-state index in [1.165, 1.54) is 0 Å². The van der Waals surface area contributed by atoms with E-state index in [0.29, 0.717) is 23.6 Å². The smallest absolute Gasteiger partial charge is 0.244 e. The van der Waals surface area contributed by atoms with Gasteiger partial charge in [0.05, 0.1) is 13.2 Å². The van der Waals surface area contributed by atoms with Gasteiger partial charge >= 0.3 is 0 Å². The summed E-state index contributed by atoms with van der Waals surface area (Å²) in [5.41, 5.74) is 2.32. The highest BCUT2D eigenvalue weighted by Crippen LogP contribution is 2.23. The predicted molar refractivity (Wildman–Crippen MR) is 94.1 cm³/mol. The van der Waals surface area contributed by atoms with Gasteiger partial charge in [0.1, 0.15) is 12.3 Å². The van der Waals surface area contributed by atoms with Crippen molar-refractivity contribution in [3.05, 3.63) is 60.3 Å². The Hall–Kier alpha value is -2.79. The second kappa shape index (κ2) is 7.19. The maximum atomic E-state index is 12.3. The number of carbonyl (C=O) groups is 1. The lowest BCUT2D eigenvalue weighted by molar-refractivity contribution is -0.116. The van der Waals surface area contributed by atoms with Gasteiger partial charge < -0.3 is 19.7 Å². The van der Waals surface area contributed by atoms with E-state index in [1.807, 2.05) is 48.0 Å². The van der Waals surface area contributed by atoms with Crippen LogP contribution >= 0.6 is 0 Å². The molecule has 0 unspecified atom stereocenters. The predicted octanol–water partition coefficient (Wildman–Crippen LogP) is 3.17. The molecule has 0 radical (unpaired) electrons. The molecule has 0 bridgehead atoms. The molecular formula is C19H20N2O3. The first kappa shape index (κ1) is 16.1. The summed E-state index contributed by atoms with van der Waals surface area (Å²) in [6.45, 7) is 2.51. The standard InChI is InChI=1S/C19H20N2O3/c1-2-24-18-8-7-16(11-15(18)13-22)20-19(23)12-21-10-9-14-5-3-4-6-17(14)21/h3-11,22H,2,12-13H2,1H3,(H,20,23). The number of para-hydroxylation sites is 1. The number of fused-ring (bicyclic) bond motifs is 1. The zero-order chi connectivity index (χ0) is 16.9. The van der Waals surface area contributed by atoms with Crippen LogP contribution in [0.4, 0.5) is 5.69 Å². The van der Waals surface area contributed by atoms with Gasteiger partial charge in [0.15, 0.2) is 0 Å². The molecule has 3 rings (SSSR count). The van der Waals surface area contributed by atoms with Gasteiger partial charge in [-0.3, -0.25) is 4.79 Å². The number of nitrogens with zero attached hydrogens (tertiary/aromatic N) is 1. The van der Waals surface area contributed by atoms with Crippen molar-refractivity contribution in [2.45, 2.75) is 20.1 Å². The molecule has 1 aromatic heterocycles. The lowest BCUT2D eigenvalue weighted by atomic mass is 10.2. The number of carbonyl (C=O) groups excluding carboxylic acids is 1. The van der Waals surface area contributed by atoms with Gasteiger partial charge in [-0.25, -0.2) is 0 Å². The number of aromatic nitrogens is 1. The minimum atomic E-state index is -0.138. The number of hydrogen-bond acceptors (Lipinski definition) is 3. The van der Waals surface area contributed by atoms with Gasteiger partial charge in [0.2, 0.25) is 5.91 Å². The monoisotopic (exact) mass is 324 g/mol. The van der Waals surface area contributed by atoms with E-state index in [2.05, 4.69) is 5.32 Å². The van der Waals surface area contributed by atoms with Gasteiger partial charge in [-0.2, -0.15) is 0 Å². The number of anilines is 1. The number of aliphatic hydroxyl groups is 1. The van der Waals surface area contributed by atoms with Crippen molar-refractivity contribution in [3.63, 3.8) is 0 Å². The molecule has 5 nitrogen and oxygen atoms in total. The molecule has 0 aliphatic heterocycles. The van der Waals surface area contributed by atoms with E-state index in [9.17, 15) is 9.90 Å². The van der Waals surface area contributed by atoms with Crippen molar-refractivity contribution < 1.29 is 14.6 Å². The number of hydrogen-bond donors (Lipinski definition) is 2. The fraction of sp³-hybridized carbons (Fsp3) is 0.211. The minimum Gasteiger partial charge on any atom is -0.494 e. The topological polar surface area (TPSA) is 63.5 Å². The summed E-state index contributed by atoms with van der Waals surface area (Å²) in [5, 5.41) is 13.4. The highest BCUT2D eigenvalue weighted by atomic mass is 16.5. The molecule has 24 heavy (non-hydrogen) atoms. The quantitative estimate of drug-likeness (QED) is 0.732. The molecule has 0 atom stereocenters. The molecule has 124 valence electrons. The van der Waals surface area contributed by atoms with E-state index in [4.69, 9.17) is 4.74 Å². The average Bonchev–Trinajstić information content (AvgIpc) is 2.99.